The van der Waals surface area contributed by atoms with Crippen molar-refractivity contribution in [2.45, 2.75) is 63.2 Å². The zero-order valence-electron chi connectivity index (χ0n) is 32.1. The Morgan fingerprint density at radius 3 is 2.28 bits per heavy atom. The molecule has 330 valence electrons. The fourth-order valence-electron chi connectivity index (χ4n) is 6.14. The van der Waals surface area contributed by atoms with E-state index in [4.69, 9.17) is 29.3 Å². The van der Waals surface area contributed by atoms with E-state index in [1.165, 1.54) is 11.6 Å². The van der Waals surface area contributed by atoms with Gasteiger partial charge in [0.05, 0.1) is 34.6 Å². The summed E-state index contributed by atoms with van der Waals surface area (Å²) in [5.41, 5.74) is 2.36. The third-order valence-electron chi connectivity index (χ3n) is 9.16. The molecule has 0 radical (unpaired) electrons. The van der Waals surface area contributed by atoms with Gasteiger partial charge in [0, 0.05) is 56.1 Å². The van der Waals surface area contributed by atoms with E-state index in [2.05, 4.69) is 46.2 Å². The molecule has 60 heavy (non-hydrogen) atoms. The Morgan fingerprint density at radius 1 is 1.03 bits per heavy atom. The number of amides is 1. The number of carboxylic acids is 2. The number of thiazole rings is 2. The normalized spacial score (nSPS) is 16.1. The fraction of sp³-hybridized carbons (Fsp3) is 0.486. The Balaban J connectivity index is 0.000000488. The highest BCUT2D eigenvalue weighted by molar-refractivity contribution is 7.16. The average molecular weight is 896 g/mol. The third-order valence-corrected chi connectivity index (χ3v) is 11.2. The van der Waals surface area contributed by atoms with Crippen LogP contribution in [0.15, 0.2) is 46.6 Å². The van der Waals surface area contributed by atoms with Gasteiger partial charge in [-0.15, -0.1) is 11.3 Å². The molecule has 2 aliphatic rings. The number of carbonyl (C=O) groups is 3. The van der Waals surface area contributed by atoms with Crippen molar-refractivity contribution in [1.82, 2.24) is 25.1 Å². The van der Waals surface area contributed by atoms with E-state index >= 15 is 0 Å². The molecule has 0 saturated carbocycles. The number of alkyl halides is 6. The van der Waals surface area contributed by atoms with Crippen LogP contribution in [0.5, 0.6) is 11.5 Å². The van der Waals surface area contributed by atoms with Gasteiger partial charge in [-0.3, -0.25) is 14.5 Å². The largest absolute Gasteiger partial charge is 0.506 e. The lowest BCUT2D eigenvalue weighted by Gasteiger charge is -2.47. The number of aromatic amines is 1. The van der Waals surface area contributed by atoms with Gasteiger partial charge in [0.25, 0.3) is 5.91 Å². The topological polar surface area (TPSA) is 215 Å². The molecule has 2 aliphatic heterocycles. The lowest BCUT2D eigenvalue weighted by atomic mass is 9.89. The molecule has 0 aliphatic carbocycles. The number of aliphatic hydroxyl groups excluding tert-OH is 1. The van der Waals surface area contributed by atoms with Crippen LogP contribution >= 0.6 is 22.7 Å². The van der Waals surface area contributed by atoms with E-state index in [0.717, 1.165) is 54.6 Å². The number of nitrogens with zero attached hydrogens (tertiary/aromatic N) is 3. The molecule has 0 unspecified atom stereocenters. The highest BCUT2D eigenvalue weighted by Crippen LogP contribution is 2.33. The van der Waals surface area contributed by atoms with Gasteiger partial charge in [-0.1, -0.05) is 43.4 Å². The molecule has 1 spiro atoms. The van der Waals surface area contributed by atoms with Crippen LogP contribution in [-0.2, 0) is 20.9 Å². The summed E-state index contributed by atoms with van der Waals surface area (Å²) in [6.07, 6.45) is -9.26. The van der Waals surface area contributed by atoms with Crippen molar-refractivity contribution < 1.29 is 70.6 Å². The van der Waals surface area contributed by atoms with E-state index < -0.39 is 30.4 Å². The summed E-state index contributed by atoms with van der Waals surface area (Å²) in [7, 11) is 0. The standard InChI is InChI=1S/C33H41N5O6S2.2C2HF3O2/c1-21(2)30-35-25(19-45-30)31(41)38-13-15-44-33(20-38)8-11-37(12-9-33)18-22-4-3-5-23(16-22)43-14-10-34-17-27(40)24-6-7-26(39)28-29(24)46-32(42)36-28;2*3-2(4,5)1(6)7/h3-7,16,19,21,27,34,39-40H,8-15,17-18,20H2,1-2H3,(H,36,42);2*(H,6,7)/t27-;;/m0../s1. The highest BCUT2D eigenvalue weighted by atomic mass is 32.1. The Hall–Kier alpha value is -4.81. The van der Waals surface area contributed by atoms with Crippen LogP contribution in [0, 0.1) is 0 Å². The van der Waals surface area contributed by atoms with Crippen LogP contribution in [0.1, 0.15) is 65.3 Å². The minimum atomic E-state index is -5.08. The molecule has 15 nitrogen and oxygen atoms in total. The van der Waals surface area contributed by atoms with Crippen LogP contribution < -0.4 is 14.9 Å². The molecule has 2 aromatic heterocycles. The Morgan fingerprint density at radius 2 is 1.68 bits per heavy atom. The van der Waals surface area contributed by atoms with Crippen molar-refractivity contribution in [1.29, 1.82) is 0 Å². The number of rotatable bonds is 11. The molecule has 23 heteroatoms. The number of halogens is 6. The first-order chi connectivity index (χ1) is 28.1. The zero-order chi connectivity index (χ0) is 44.4. The van der Waals surface area contributed by atoms with Crippen molar-refractivity contribution in [3.8, 4) is 11.5 Å². The van der Waals surface area contributed by atoms with E-state index in [0.29, 0.717) is 60.2 Å². The molecular formula is C37H43F6N5O10S2. The SMILES string of the molecule is CC(C)c1nc(C(=O)N2CCOC3(CCN(Cc4cccc(OCCNC[C@H](O)c5ccc(O)c6[nH]c(=O)sc56)c4)CC3)C2)cs1.O=C(O)C(F)(F)F.O=C(O)C(F)(F)F. The summed E-state index contributed by atoms with van der Waals surface area (Å²) < 4.78 is 76.3. The number of aromatic nitrogens is 2. The number of nitrogens with one attached hydrogen (secondary N) is 2. The van der Waals surface area contributed by atoms with Gasteiger partial charge in [0.15, 0.2) is 0 Å². The lowest BCUT2D eigenvalue weighted by molar-refractivity contribution is -0.193. The monoisotopic (exact) mass is 895 g/mol. The zero-order valence-corrected chi connectivity index (χ0v) is 33.8. The highest BCUT2D eigenvalue weighted by Gasteiger charge is 2.42. The molecule has 4 heterocycles. The number of hydrogen-bond acceptors (Lipinski definition) is 13. The van der Waals surface area contributed by atoms with E-state index in [1.54, 1.807) is 17.4 Å². The Bertz CT molecular complexity index is 2110. The van der Waals surface area contributed by atoms with Gasteiger partial charge >= 0.3 is 29.2 Å². The van der Waals surface area contributed by atoms with Gasteiger partial charge < -0.3 is 45.1 Å². The number of piperidine rings is 1. The molecule has 2 fully saturated rings. The maximum Gasteiger partial charge on any atom is 0.490 e. The van der Waals surface area contributed by atoms with Crippen molar-refractivity contribution in [3.05, 3.63) is 73.3 Å². The number of fused-ring (bicyclic) bond motifs is 1. The first kappa shape index (κ1) is 47.9. The van der Waals surface area contributed by atoms with Crippen LogP contribution in [0.2, 0.25) is 0 Å². The van der Waals surface area contributed by atoms with E-state index in [-0.39, 0.29) is 28.7 Å². The number of H-pyrrole nitrogens is 1. The molecule has 2 saturated heterocycles. The molecule has 1 atom stereocenters. The number of carboxylic acid groups (broad SMARTS) is 2. The fourth-order valence-corrected chi connectivity index (χ4v) is 7.86. The maximum absolute atomic E-state index is 13.2. The summed E-state index contributed by atoms with van der Waals surface area (Å²) >= 11 is 2.53. The van der Waals surface area contributed by atoms with E-state index in [1.807, 2.05) is 22.4 Å². The summed E-state index contributed by atoms with van der Waals surface area (Å²) in [5, 5.41) is 41.0. The van der Waals surface area contributed by atoms with Gasteiger partial charge in [-0.25, -0.2) is 14.6 Å². The molecule has 4 aromatic rings. The minimum Gasteiger partial charge on any atom is -0.506 e. The predicted octanol–water partition coefficient (Wildman–Crippen LogP) is 5.35. The van der Waals surface area contributed by atoms with Crippen molar-refractivity contribution in [2.24, 2.45) is 0 Å². The lowest BCUT2D eigenvalue weighted by Crippen LogP contribution is -2.58. The summed E-state index contributed by atoms with van der Waals surface area (Å²) in [5.74, 6) is -4.42. The predicted molar refractivity (Wildman–Crippen MR) is 207 cm³/mol. The average Bonchev–Trinajstić information content (AvgIpc) is 3.84. The van der Waals surface area contributed by atoms with Crippen LogP contribution in [-0.4, -0.2) is 128 Å². The van der Waals surface area contributed by atoms with Gasteiger partial charge in [0.2, 0.25) is 0 Å². The quantitative estimate of drug-likeness (QED) is 0.0829. The summed E-state index contributed by atoms with van der Waals surface area (Å²) in [4.78, 5) is 54.0. The number of carbonyl (C=O) groups excluding carboxylic acids is 1. The van der Waals surface area contributed by atoms with Gasteiger partial charge in [0.1, 0.15) is 29.3 Å². The third kappa shape index (κ3) is 13.6. The van der Waals surface area contributed by atoms with Gasteiger partial charge in [-0.05, 0) is 36.6 Å². The number of aromatic hydroxyl groups is 1. The molecule has 6 rings (SSSR count). The van der Waals surface area contributed by atoms with Crippen LogP contribution in [0.3, 0.4) is 0 Å². The Labute approximate surface area is 346 Å². The number of phenolic OH excluding ortho intramolecular Hbond substituents is 1. The minimum absolute atomic E-state index is 0.00583. The van der Waals surface area contributed by atoms with Crippen molar-refractivity contribution >= 4 is 50.7 Å². The number of morpholine rings is 1. The first-order valence-corrected chi connectivity index (χ1v) is 19.9. The number of likely N-dealkylation sites (tertiary alicyclic amines) is 1. The molecule has 6 N–H and O–H groups in total. The molecule has 2 aromatic carbocycles. The second-order valence-electron chi connectivity index (χ2n) is 14.0. The van der Waals surface area contributed by atoms with E-state index in [9.17, 15) is 46.1 Å². The number of aliphatic hydroxyl groups is 1. The first-order valence-electron chi connectivity index (χ1n) is 18.2. The number of phenols is 1. The van der Waals surface area contributed by atoms with Crippen molar-refractivity contribution in [2.75, 3.05) is 52.5 Å². The number of hydrogen-bond donors (Lipinski definition) is 6. The molecule has 1 amide bonds. The van der Waals surface area contributed by atoms with Crippen molar-refractivity contribution in [3.63, 3.8) is 0 Å². The number of aliphatic carboxylic acids is 2. The second-order valence-corrected chi connectivity index (χ2v) is 15.8. The second kappa shape index (κ2) is 20.6. The number of ether oxygens (including phenoxy) is 2. The molecular weight excluding hydrogens is 853 g/mol. The smallest absolute Gasteiger partial charge is 0.490 e. The number of benzene rings is 2. The maximum atomic E-state index is 13.2. The summed E-state index contributed by atoms with van der Waals surface area (Å²) in [6, 6.07) is 11.2. The molecule has 0 bridgehead atoms. The Kier molecular flexibility index (Phi) is 16.5. The van der Waals surface area contributed by atoms with Crippen LogP contribution in [0.25, 0.3) is 10.2 Å². The van der Waals surface area contributed by atoms with Crippen LogP contribution in [0.4, 0.5) is 26.3 Å². The van der Waals surface area contributed by atoms with Gasteiger partial charge in [-0.2, -0.15) is 26.3 Å². The summed E-state index contributed by atoms with van der Waals surface area (Å²) in [6.45, 7) is 9.77.